The van der Waals surface area contributed by atoms with Gasteiger partial charge >= 0.3 is 11.9 Å². The minimum atomic E-state index is -1.66. The standard InChI is InChI=1S/C24H29FO6/c1-5-19(27)31-23(20(28)29)12(2)8-14-15-10-17(25)16-9-13(26)6-7-21(16,3)24(15)18(30-24)11-22(14,23)4/h6-7,12,14-15,18H,5,8-11H2,1-4H3,(H,28,29)/t12-,14?,15?,18+,21?,22?,23?,24-/m1/s1. The summed E-state index contributed by atoms with van der Waals surface area (Å²) in [6.45, 7) is 7.29. The molecule has 5 aliphatic rings. The van der Waals surface area contributed by atoms with E-state index in [2.05, 4.69) is 0 Å². The van der Waals surface area contributed by atoms with Gasteiger partial charge in [-0.2, -0.15) is 0 Å². The Labute approximate surface area is 180 Å². The first-order chi connectivity index (χ1) is 14.5. The van der Waals surface area contributed by atoms with Crippen LogP contribution in [0.4, 0.5) is 4.39 Å². The lowest BCUT2D eigenvalue weighted by Crippen LogP contribution is -2.63. The molecule has 31 heavy (non-hydrogen) atoms. The van der Waals surface area contributed by atoms with Crippen LogP contribution in [-0.4, -0.2) is 40.1 Å². The second kappa shape index (κ2) is 6.06. The Morgan fingerprint density at radius 1 is 1.32 bits per heavy atom. The number of hydrogen-bond donors (Lipinski definition) is 1. The van der Waals surface area contributed by atoms with Crippen molar-refractivity contribution >= 4 is 17.7 Å². The highest BCUT2D eigenvalue weighted by Crippen LogP contribution is 2.77. The zero-order valence-corrected chi connectivity index (χ0v) is 18.4. The number of carboxylic acid groups (broad SMARTS) is 1. The number of aliphatic carboxylic acids is 1. The van der Waals surface area contributed by atoms with Gasteiger partial charge in [0.2, 0.25) is 5.60 Å². The van der Waals surface area contributed by atoms with E-state index in [-0.39, 0.29) is 48.8 Å². The number of carbonyl (C=O) groups is 3. The monoisotopic (exact) mass is 432 g/mol. The fourth-order valence-corrected chi connectivity index (χ4v) is 7.90. The highest BCUT2D eigenvalue weighted by atomic mass is 19.1. The molecule has 8 atom stereocenters. The maximum absolute atomic E-state index is 15.4. The molecule has 168 valence electrons. The first-order valence-electron chi connectivity index (χ1n) is 11.2. The molecule has 7 heteroatoms. The molecule has 5 rings (SSSR count). The van der Waals surface area contributed by atoms with Crippen LogP contribution in [0.5, 0.6) is 0 Å². The van der Waals surface area contributed by atoms with E-state index in [1.165, 1.54) is 6.08 Å². The third-order valence-electron chi connectivity index (χ3n) is 9.37. The van der Waals surface area contributed by atoms with Crippen LogP contribution < -0.4 is 0 Å². The summed E-state index contributed by atoms with van der Waals surface area (Å²) >= 11 is 0. The Morgan fingerprint density at radius 3 is 2.68 bits per heavy atom. The van der Waals surface area contributed by atoms with Crippen LogP contribution >= 0.6 is 0 Å². The number of esters is 1. The van der Waals surface area contributed by atoms with Crippen molar-refractivity contribution < 1.29 is 33.4 Å². The molecule has 1 N–H and O–H groups in total. The van der Waals surface area contributed by atoms with Gasteiger partial charge in [0, 0.05) is 41.9 Å². The minimum Gasteiger partial charge on any atom is -0.478 e. The summed E-state index contributed by atoms with van der Waals surface area (Å²) in [6.07, 6.45) is 4.28. The van der Waals surface area contributed by atoms with E-state index < -0.39 is 39.9 Å². The summed E-state index contributed by atoms with van der Waals surface area (Å²) < 4.78 is 27.6. The Morgan fingerprint density at radius 2 is 2.03 bits per heavy atom. The van der Waals surface area contributed by atoms with Crippen LogP contribution in [0, 0.1) is 28.6 Å². The summed E-state index contributed by atoms with van der Waals surface area (Å²) in [5.41, 5.74) is -3.39. The van der Waals surface area contributed by atoms with E-state index >= 15 is 4.39 Å². The molecule has 0 aromatic rings. The Hall–Kier alpha value is -2.02. The van der Waals surface area contributed by atoms with Gasteiger partial charge in [-0.25, -0.2) is 9.18 Å². The number of ether oxygens (including phenoxy) is 2. The number of halogens is 1. The van der Waals surface area contributed by atoms with E-state index in [9.17, 15) is 19.5 Å². The molecule has 4 aliphatic carbocycles. The predicted octanol–water partition coefficient (Wildman–Crippen LogP) is 3.75. The fraction of sp³-hybridized carbons (Fsp3) is 0.708. The first kappa shape index (κ1) is 20.9. The quantitative estimate of drug-likeness (QED) is 0.539. The molecule has 1 spiro atoms. The molecule has 6 nitrogen and oxygen atoms in total. The average Bonchev–Trinajstić information content (AvgIpc) is 3.38. The number of rotatable bonds is 3. The number of carbonyl (C=O) groups excluding carboxylic acids is 2. The number of ketones is 1. The minimum absolute atomic E-state index is 0.0644. The summed E-state index contributed by atoms with van der Waals surface area (Å²) in [4.78, 5) is 37.0. The predicted molar refractivity (Wildman–Crippen MR) is 107 cm³/mol. The Bertz CT molecular complexity index is 969. The van der Waals surface area contributed by atoms with Gasteiger partial charge in [0.1, 0.15) is 11.4 Å². The van der Waals surface area contributed by atoms with Gasteiger partial charge in [0.15, 0.2) is 5.78 Å². The van der Waals surface area contributed by atoms with E-state index in [0.29, 0.717) is 18.4 Å². The van der Waals surface area contributed by atoms with Crippen molar-refractivity contribution in [3.8, 4) is 0 Å². The molecule has 0 amide bonds. The number of hydrogen-bond acceptors (Lipinski definition) is 5. The highest BCUT2D eigenvalue weighted by molar-refractivity contribution is 5.94. The van der Waals surface area contributed by atoms with Crippen LogP contribution in [0.25, 0.3) is 0 Å². The topological polar surface area (TPSA) is 93.2 Å². The van der Waals surface area contributed by atoms with Gasteiger partial charge in [0.05, 0.1) is 6.10 Å². The molecule has 5 unspecified atom stereocenters. The van der Waals surface area contributed by atoms with E-state index in [1.807, 2.05) is 20.8 Å². The molecule has 1 heterocycles. The molecule has 2 saturated carbocycles. The Kier molecular flexibility index (Phi) is 4.08. The van der Waals surface area contributed by atoms with E-state index in [1.54, 1.807) is 13.0 Å². The van der Waals surface area contributed by atoms with Crippen molar-refractivity contribution in [3.63, 3.8) is 0 Å². The summed E-state index contributed by atoms with van der Waals surface area (Å²) in [5.74, 6) is -2.90. The van der Waals surface area contributed by atoms with Crippen molar-refractivity contribution in [2.24, 2.45) is 28.6 Å². The molecule has 0 aromatic heterocycles. The van der Waals surface area contributed by atoms with Gasteiger partial charge < -0.3 is 14.6 Å². The van der Waals surface area contributed by atoms with Crippen molar-refractivity contribution in [1.29, 1.82) is 0 Å². The summed E-state index contributed by atoms with van der Waals surface area (Å²) in [5, 5.41) is 10.3. The van der Waals surface area contributed by atoms with Crippen LogP contribution in [-0.2, 0) is 23.9 Å². The number of allylic oxidation sites excluding steroid dienone is 2. The van der Waals surface area contributed by atoms with Crippen molar-refractivity contribution in [2.45, 2.75) is 77.1 Å². The highest BCUT2D eigenvalue weighted by Gasteiger charge is 2.83. The number of fused-ring (bicyclic) bond motifs is 3. The second-order valence-corrected chi connectivity index (χ2v) is 10.5. The van der Waals surface area contributed by atoms with E-state index in [4.69, 9.17) is 9.47 Å². The molecule has 1 saturated heterocycles. The first-order valence-corrected chi connectivity index (χ1v) is 11.2. The van der Waals surface area contributed by atoms with Crippen LogP contribution in [0.3, 0.4) is 0 Å². The average molecular weight is 432 g/mol. The van der Waals surface area contributed by atoms with Gasteiger partial charge in [0.25, 0.3) is 0 Å². The molecule has 1 aliphatic heterocycles. The number of epoxide rings is 1. The smallest absolute Gasteiger partial charge is 0.349 e. The van der Waals surface area contributed by atoms with Gasteiger partial charge in [-0.3, -0.25) is 9.59 Å². The molecular weight excluding hydrogens is 403 g/mol. The normalized spacial score (nSPS) is 49.6. The lowest BCUT2D eigenvalue weighted by Gasteiger charge is -2.55. The maximum atomic E-state index is 15.4. The lowest BCUT2D eigenvalue weighted by molar-refractivity contribution is -0.204. The molecule has 0 radical (unpaired) electrons. The van der Waals surface area contributed by atoms with Crippen LogP contribution in [0.15, 0.2) is 23.6 Å². The lowest BCUT2D eigenvalue weighted by atomic mass is 9.47. The maximum Gasteiger partial charge on any atom is 0.349 e. The van der Waals surface area contributed by atoms with Gasteiger partial charge in [-0.15, -0.1) is 0 Å². The van der Waals surface area contributed by atoms with Gasteiger partial charge in [-0.05, 0) is 37.3 Å². The van der Waals surface area contributed by atoms with Gasteiger partial charge in [-0.1, -0.05) is 26.8 Å². The molecule has 0 aromatic carbocycles. The number of carboxylic acids is 1. The third-order valence-corrected chi connectivity index (χ3v) is 9.37. The van der Waals surface area contributed by atoms with Crippen LogP contribution in [0.1, 0.15) is 59.8 Å². The molecular formula is C24H29FO6. The third kappa shape index (κ3) is 2.18. The van der Waals surface area contributed by atoms with Crippen molar-refractivity contribution in [3.05, 3.63) is 23.6 Å². The Balaban J connectivity index is 1.63. The zero-order chi connectivity index (χ0) is 22.6. The molecule has 3 fully saturated rings. The van der Waals surface area contributed by atoms with E-state index in [0.717, 1.165) is 0 Å². The molecule has 0 bridgehead atoms. The SMILES string of the molecule is CCC(=O)OC1(C(=O)O)[C@H](C)CC2C3CC(F)=C4CC(=O)C=CC4(C)[C@@]34O[C@H]4CC21C. The zero-order valence-electron chi connectivity index (χ0n) is 18.4. The fourth-order valence-electron chi connectivity index (χ4n) is 7.90. The van der Waals surface area contributed by atoms with Crippen molar-refractivity contribution in [2.75, 3.05) is 0 Å². The second-order valence-electron chi connectivity index (χ2n) is 10.5. The van der Waals surface area contributed by atoms with Crippen molar-refractivity contribution in [1.82, 2.24) is 0 Å². The largest absolute Gasteiger partial charge is 0.478 e. The summed E-state index contributed by atoms with van der Waals surface area (Å²) in [6, 6.07) is 0. The van der Waals surface area contributed by atoms with Crippen LogP contribution in [0.2, 0.25) is 0 Å². The summed E-state index contributed by atoms with van der Waals surface area (Å²) in [7, 11) is 0.